The van der Waals surface area contributed by atoms with Crippen LogP contribution in [-0.4, -0.2) is 47.8 Å². The highest BCUT2D eigenvalue weighted by Crippen LogP contribution is 2.31. The molecule has 1 atom stereocenters. The maximum absolute atomic E-state index is 13.3. The molecule has 2 aromatic heterocycles. The summed E-state index contributed by atoms with van der Waals surface area (Å²) in [5.41, 5.74) is 1.35. The summed E-state index contributed by atoms with van der Waals surface area (Å²) in [6, 6.07) is 10.2. The monoisotopic (exact) mass is 486 g/mol. The molecule has 0 bridgehead atoms. The summed E-state index contributed by atoms with van der Waals surface area (Å²) >= 11 is 1.31. The van der Waals surface area contributed by atoms with Crippen LogP contribution in [0.15, 0.2) is 47.5 Å². The Hall–Kier alpha value is -2.40. The van der Waals surface area contributed by atoms with Gasteiger partial charge in [-0.25, -0.2) is 18.4 Å². The van der Waals surface area contributed by atoms with E-state index in [2.05, 4.69) is 15.3 Å². The molecule has 1 saturated heterocycles. The molecular weight excluding hydrogens is 460 g/mol. The van der Waals surface area contributed by atoms with Crippen molar-refractivity contribution in [3.63, 3.8) is 0 Å². The Labute approximate surface area is 197 Å². The SMILES string of the molecule is O=C(Nc1nc2cccnc2s1)C(OC1CCCC1)c1ccc(S(=O)(=O)N2CCCC2)cc1. The topological polar surface area (TPSA) is 101 Å². The second-order valence-electron chi connectivity index (χ2n) is 8.44. The van der Waals surface area contributed by atoms with Gasteiger partial charge in [0.1, 0.15) is 10.3 Å². The third kappa shape index (κ3) is 4.79. The largest absolute Gasteiger partial charge is 0.360 e. The fourth-order valence-electron chi connectivity index (χ4n) is 4.40. The molecule has 1 aromatic carbocycles. The number of thiazole rings is 1. The number of sulfonamides is 1. The van der Waals surface area contributed by atoms with E-state index in [0.29, 0.717) is 23.8 Å². The van der Waals surface area contributed by atoms with Crippen molar-refractivity contribution in [1.29, 1.82) is 0 Å². The van der Waals surface area contributed by atoms with Crippen LogP contribution < -0.4 is 5.32 Å². The lowest BCUT2D eigenvalue weighted by Gasteiger charge is -2.22. The molecule has 1 unspecified atom stereocenters. The van der Waals surface area contributed by atoms with Crippen LogP contribution in [0.5, 0.6) is 0 Å². The minimum absolute atomic E-state index is 0.00536. The molecular formula is C23H26N4O4S2. The Kier molecular flexibility index (Phi) is 6.42. The van der Waals surface area contributed by atoms with E-state index in [4.69, 9.17) is 4.74 Å². The second kappa shape index (κ2) is 9.46. The third-order valence-electron chi connectivity index (χ3n) is 6.15. The molecule has 8 nitrogen and oxygen atoms in total. The maximum atomic E-state index is 13.3. The van der Waals surface area contributed by atoms with E-state index >= 15 is 0 Å². The Bertz CT molecular complexity index is 1200. The van der Waals surface area contributed by atoms with Gasteiger partial charge < -0.3 is 4.74 Å². The number of anilines is 1. The van der Waals surface area contributed by atoms with Gasteiger partial charge in [-0.2, -0.15) is 4.31 Å². The predicted octanol–water partition coefficient (Wildman–Crippen LogP) is 4.11. The quantitative estimate of drug-likeness (QED) is 0.539. The number of benzene rings is 1. The fourth-order valence-corrected chi connectivity index (χ4v) is 6.72. The van der Waals surface area contributed by atoms with E-state index in [1.54, 1.807) is 36.5 Å². The van der Waals surface area contributed by atoms with Crippen molar-refractivity contribution in [3.05, 3.63) is 48.2 Å². The summed E-state index contributed by atoms with van der Waals surface area (Å²) in [6.07, 6.45) is 6.60. The van der Waals surface area contributed by atoms with Gasteiger partial charge in [-0.05, 0) is 55.5 Å². The van der Waals surface area contributed by atoms with Crippen LogP contribution in [-0.2, 0) is 19.6 Å². The highest BCUT2D eigenvalue weighted by molar-refractivity contribution is 7.89. The zero-order valence-electron chi connectivity index (χ0n) is 18.1. The van der Waals surface area contributed by atoms with Crippen molar-refractivity contribution in [1.82, 2.24) is 14.3 Å². The molecule has 1 aliphatic heterocycles. The van der Waals surface area contributed by atoms with Crippen molar-refractivity contribution < 1.29 is 17.9 Å². The van der Waals surface area contributed by atoms with Crippen molar-refractivity contribution in [2.75, 3.05) is 18.4 Å². The first kappa shape index (κ1) is 22.4. The number of hydrogen-bond donors (Lipinski definition) is 1. The number of rotatable bonds is 7. The van der Waals surface area contributed by atoms with Gasteiger partial charge in [-0.1, -0.05) is 36.3 Å². The molecule has 33 heavy (non-hydrogen) atoms. The molecule has 1 amide bonds. The number of nitrogens with zero attached hydrogens (tertiary/aromatic N) is 3. The van der Waals surface area contributed by atoms with E-state index in [1.807, 2.05) is 6.07 Å². The third-order valence-corrected chi connectivity index (χ3v) is 8.96. The number of ether oxygens (including phenoxy) is 1. The van der Waals surface area contributed by atoms with Gasteiger partial charge in [0.2, 0.25) is 10.0 Å². The van der Waals surface area contributed by atoms with E-state index in [1.165, 1.54) is 15.6 Å². The summed E-state index contributed by atoms with van der Waals surface area (Å²) in [6.45, 7) is 1.11. The van der Waals surface area contributed by atoms with Gasteiger partial charge in [0, 0.05) is 19.3 Å². The van der Waals surface area contributed by atoms with Gasteiger partial charge in [0.15, 0.2) is 11.2 Å². The summed E-state index contributed by atoms with van der Waals surface area (Å²) in [5, 5.41) is 3.33. The van der Waals surface area contributed by atoms with E-state index in [-0.39, 0.29) is 16.9 Å². The predicted molar refractivity (Wildman–Crippen MR) is 127 cm³/mol. The zero-order valence-corrected chi connectivity index (χ0v) is 19.8. The average Bonchev–Trinajstić information content (AvgIpc) is 3.59. The van der Waals surface area contributed by atoms with Crippen LogP contribution in [0.3, 0.4) is 0 Å². The first-order valence-electron chi connectivity index (χ1n) is 11.3. The fraction of sp³-hybridized carbons (Fsp3) is 0.435. The van der Waals surface area contributed by atoms with Crippen LogP contribution >= 0.6 is 11.3 Å². The van der Waals surface area contributed by atoms with Gasteiger partial charge >= 0.3 is 0 Å². The molecule has 2 aliphatic rings. The number of fused-ring (bicyclic) bond motifs is 1. The van der Waals surface area contributed by atoms with E-state index in [0.717, 1.165) is 48.9 Å². The summed E-state index contributed by atoms with van der Waals surface area (Å²) in [7, 11) is -3.51. The minimum atomic E-state index is -3.51. The Balaban J connectivity index is 1.38. The van der Waals surface area contributed by atoms with Crippen LogP contribution in [0, 0.1) is 0 Å². The lowest BCUT2D eigenvalue weighted by Crippen LogP contribution is -2.28. The second-order valence-corrected chi connectivity index (χ2v) is 11.4. The lowest BCUT2D eigenvalue weighted by molar-refractivity contribution is -0.131. The number of aromatic nitrogens is 2. The summed E-state index contributed by atoms with van der Waals surface area (Å²) < 4.78 is 33.5. The number of nitrogens with one attached hydrogen (secondary N) is 1. The van der Waals surface area contributed by atoms with Crippen molar-refractivity contribution in [3.8, 4) is 0 Å². The number of amides is 1. The molecule has 174 valence electrons. The van der Waals surface area contributed by atoms with Crippen molar-refractivity contribution in [2.24, 2.45) is 0 Å². The van der Waals surface area contributed by atoms with Crippen molar-refractivity contribution >= 4 is 42.7 Å². The van der Waals surface area contributed by atoms with E-state index in [9.17, 15) is 13.2 Å². The Morgan fingerprint density at radius 3 is 2.52 bits per heavy atom. The number of pyridine rings is 1. The van der Waals surface area contributed by atoms with Crippen molar-refractivity contribution in [2.45, 2.75) is 55.6 Å². The summed E-state index contributed by atoms with van der Waals surface area (Å²) in [5.74, 6) is -0.323. The molecule has 1 saturated carbocycles. The van der Waals surface area contributed by atoms with Gasteiger partial charge in [-0.15, -0.1) is 0 Å². The average molecular weight is 487 g/mol. The Morgan fingerprint density at radius 1 is 1.09 bits per heavy atom. The standard InChI is InChI=1S/C23H26N4O4S2/c28-21(26-23-25-19-8-5-13-24-22(19)32-23)20(31-17-6-1-2-7-17)16-9-11-18(12-10-16)33(29,30)27-14-3-4-15-27/h5,8-13,17,20H,1-4,6-7,14-15H2,(H,25,26,28). The molecule has 0 radical (unpaired) electrons. The van der Waals surface area contributed by atoms with Crippen LogP contribution in [0.4, 0.5) is 5.13 Å². The van der Waals surface area contributed by atoms with Gasteiger partial charge in [-0.3, -0.25) is 10.1 Å². The highest BCUT2D eigenvalue weighted by Gasteiger charge is 2.30. The molecule has 3 heterocycles. The normalized spacial score (nSPS) is 18.7. The maximum Gasteiger partial charge on any atom is 0.259 e. The molecule has 1 N–H and O–H groups in total. The zero-order chi connectivity index (χ0) is 22.8. The molecule has 10 heteroatoms. The lowest BCUT2D eigenvalue weighted by atomic mass is 10.1. The van der Waals surface area contributed by atoms with Crippen LogP contribution in [0.1, 0.15) is 50.2 Å². The molecule has 1 aliphatic carbocycles. The number of hydrogen-bond acceptors (Lipinski definition) is 7. The molecule has 5 rings (SSSR count). The van der Waals surface area contributed by atoms with E-state index < -0.39 is 16.1 Å². The molecule has 3 aromatic rings. The summed E-state index contributed by atoms with van der Waals surface area (Å²) in [4.78, 5) is 22.9. The van der Waals surface area contributed by atoms with Gasteiger partial charge in [0.05, 0.1) is 11.0 Å². The molecule has 2 fully saturated rings. The first-order valence-corrected chi connectivity index (χ1v) is 13.5. The van der Waals surface area contributed by atoms with Crippen LogP contribution in [0.25, 0.3) is 10.3 Å². The van der Waals surface area contributed by atoms with Crippen LogP contribution in [0.2, 0.25) is 0 Å². The minimum Gasteiger partial charge on any atom is -0.360 e. The smallest absolute Gasteiger partial charge is 0.259 e. The number of carbonyl (C=O) groups excluding carboxylic acids is 1. The first-order chi connectivity index (χ1) is 16.0. The van der Waals surface area contributed by atoms with Gasteiger partial charge in [0.25, 0.3) is 5.91 Å². The number of carbonyl (C=O) groups is 1. The molecule has 0 spiro atoms. The Morgan fingerprint density at radius 2 is 1.82 bits per heavy atom. The highest BCUT2D eigenvalue weighted by atomic mass is 32.2.